The molecular formula is C15H15N5O. The number of hydrogen-bond donors (Lipinski definition) is 2. The van der Waals surface area contributed by atoms with Crippen molar-refractivity contribution in [1.82, 2.24) is 15.0 Å². The number of nitrogen functional groups attached to an aromatic ring is 2. The molecule has 0 radical (unpaired) electrons. The van der Waals surface area contributed by atoms with Gasteiger partial charge in [0.2, 0.25) is 5.95 Å². The van der Waals surface area contributed by atoms with Crippen LogP contribution in [-0.2, 0) is 0 Å². The lowest BCUT2D eigenvalue weighted by molar-refractivity contribution is 0.230. The monoisotopic (exact) mass is 281 g/mol. The van der Waals surface area contributed by atoms with Crippen molar-refractivity contribution in [1.29, 1.82) is 0 Å². The average molecular weight is 281 g/mol. The second-order valence-corrected chi connectivity index (χ2v) is 4.66. The van der Waals surface area contributed by atoms with Gasteiger partial charge in [0.15, 0.2) is 0 Å². The zero-order chi connectivity index (χ0) is 14.8. The van der Waals surface area contributed by atoms with Crippen LogP contribution in [0.2, 0.25) is 0 Å². The second-order valence-electron chi connectivity index (χ2n) is 4.66. The van der Waals surface area contributed by atoms with Gasteiger partial charge in [-0.2, -0.15) is 4.98 Å². The molecule has 6 nitrogen and oxygen atoms in total. The highest BCUT2D eigenvalue weighted by atomic mass is 16.5. The molecule has 0 aliphatic heterocycles. The lowest BCUT2D eigenvalue weighted by Crippen LogP contribution is -2.06. The van der Waals surface area contributed by atoms with Gasteiger partial charge < -0.3 is 16.2 Å². The first-order valence-electron chi connectivity index (χ1n) is 6.53. The van der Waals surface area contributed by atoms with Crippen LogP contribution in [0.25, 0.3) is 10.9 Å². The Hall–Kier alpha value is -2.89. The number of nitrogens with two attached hydrogens (primary N) is 2. The number of pyridine rings is 1. The fraction of sp³-hybridized carbons (Fsp3) is 0.133. The molecule has 1 atom stereocenters. The van der Waals surface area contributed by atoms with Crippen molar-refractivity contribution in [3.8, 4) is 5.75 Å². The molecule has 0 saturated heterocycles. The molecule has 0 amide bonds. The van der Waals surface area contributed by atoms with Crippen molar-refractivity contribution in [2.75, 3.05) is 11.5 Å². The number of benzene rings is 1. The molecular weight excluding hydrogens is 266 g/mol. The molecule has 4 N–H and O–H groups in total. The summed E-state index contributed by atoms with van der Waals surface area (Å²) in [6.07, 6.45) is 3.32. The van der Waals surface area contributed by atoms with Gasteiger partial charge in [0.1, 0.15) is 17.7 Å². The summed E-state index contributed by atoms with van der Waals surface area (Å²) < 4.78 is 6.01. The van der Waals surface area contributed by atoms with Crippen LogP contribution in [0.15, 0.2) is 42.7 Å². The minimum absolute atomic E-state index is 0.143. The third kappa shape index (κ3) is 2.55. The summed E-state index contributed by atoms with van der Waals surface area (Å²) in [7, 11) is 0. The smallest absolute Gasteiger partial charge is 0.222 e. The van der Waals surface area contributed by atoms with Gasteiger partial charge in [-0.05, 0) is 36.8 Å². The van der Waals surface area contributed by atoms with Gasteiger partial charge in [-0.3, -0.25) is 4.98 Å². The summed E-state index contributed by atoms with van der Waals surface area (Å²) in [5.41, 5.74) is 13.3. The third-order valence-electron chi connectivity index (χ3n) is 3.21. The zero-order valence-electron chi connectivity index (χ0n) is 11.5. The number of hydrogen-bond acceptors (Lipinski definition) is 6. The Morgan fingerprint density at radius 3 is 2.57 bits per heavy atom. The van der Waals surface area contributed by atoms with E-state index in [2.05, 4.69) is 15.0 Å². The zero-order valence-corrected chi connectivity index (χ0v) is 11.5. The number of ether oxygens (including phenoxy) is 1. The van der Waals surface area contributed by atoms with Crippen LogP contribution in [0, 0.1) is 0 Å². The third-order valence-corrected chi connectivity index (χ3v) is 3.21. The summed E-state index contributed by atoms with van der Waals surface area (Å²) in [6.45, 7) is 1.96. The van der Waals surface area contributed by atoms with Crippen LogP contribution in [-0.4, -0.2) is 15.0 Å². The van der Waals surface area contributed by atoms with Crippen molar-refractivity contribution in [3.63, 3.8) is 0 Å². The second kappa shape index (κ2) is 5.24. The van der Waals surface area contributed by atoms with Crippen LogP contribution >= 0.6 is 0 Å². The molecule has 0 aliphatic rings. The Morgan fingerprint density at radius 2 is 1.81 bits per heavy atom. The van der Waals surface area contributed by atoms with E-state index < -0.39 is 0 Å². The van der Waals surface area contributed by atoms with E-state index >= 15 is 0 Å². The lowest BCUT2D eigenvalue weighted by Gasteiger charge is -2.17. The molecule has 2 aromatic heterocycles. The molecule has 106 valence electrons. The van der Waals surface area contributed by atoms with Gasteiger partial charge >= 0.3 is 0 Å². The Kier molecular flexibility index (Phi) is 3.27. The molecule has 0 bridgehead atoms. The minimum Gasteiger partial charge on any atom is -0.485 e. The summed E-state index contributed by atoms with van der Waals surface area (Å²) in [5, 5.41) is 0.674. The van der Waals surface area contributed by atoms with E-state index in [4.69, 9.17) is 16.2 Å². The first-order valence-corrected chi connectivity index (χ1v) is 6.53. The van der Waals surface area contributed by atoms with E-state index in [-0.39, 0.29) is 12.1 Å². The van der Waals surface area contributed by atoms with Crippen LogP contribution in [0.3, 0.4) is 0 Å². The molecule has 1 aromatic carbocycles. The van der Waals surface area contributed by atoms with Crippen molar-refractivity contribution in [2.24, 2.45) is 0 Å². The first-order chi connectivity index (χ1) is 10.1. The van der Waals surface area contributed by atoms with Crippen LogP contribution in [0.4, 0.5) is 11.8 Å². The van der Waals surface area contributed by atoms with Crippen molar-refractivity contribution < 1.29 is 4.74 Å². The molecule has 0 spiro atoms. The summed E-state index contributed by atoms with van der Waals surface area (Å²) in [4.78, 5) is 12.2. The molecule has 2 heterocycles. The number of rotatable bonds is 3. The maximum atomic E-state index is 6.01. The fourth-order valence-electron chi connectivity index (χ4n) is 2.19. The highest BCUT2D eigenvalue weighted by molar-refractivity contribution is 5.94. The number of fused-ring (bicyclic) bond motifs is 1. The van der Waals surface area contributed by atoms with Crippen molar-refractivity contribution in [2.45, 2.75) is 13.0 Å². The summed E-state index contributed by atoms with van der Waals surface area (Å²) in [5.74, 6) is 1.10. The quantitative estimate of drug-likeness (QED) is 0.764. The molecule has 21 heavy (non-hydrogen) atoms. The van der Waals surface area contributed by atoms with E-state index in [0.29, 0.717) is 22.5 Å². The fourth-order valence-corrected chi connectivity index (χ4v) is 2.19. The predicted molar refractivity (Wildman–Crippen MR) is 81.6 cm³/mol. The molecule has 6 heteroatoms. The van der Waals surface area contributed by atoms with Crippen LogP contribution in [0.5, 0.6) is 5.75 Å². The molecule has 0 fully saturated rings. The van der Waals surface area contributed by atoms with E-state index in [9.17, 15) is 0 Å². The van der Waals surface area contributed by atoms with Gasteiger partial charge in [-0.1, -0.05) is 6.07 Å². The highest BCUT2D eigenvalue weighted by Gasteiger charge is 2.13. The predicted octanol–water partition coefficient (Wildman–Crippen LogP) is 2.33. The van der Waals surface area contributed by atoms with Gasteiger partial charge in [-0.25, -0.2) is 4.98 Å². The van der Waals surface area contributed by atoms with Gasteiger partial charge in [0, 0.05) is 12.4 Å². The Labute approximate surface area is 121 Å². The Bertz CT molecular complexity index is 776. The highest BCUT2D eigenvalue weighted by Crippen LogP contribution is 2.32. The molecule has 0 unspecified atom stereocenters. The first kappa shape index (κ1) is 13.1. The van der Waals surface area contributed by atoms with E-state index in [1.807, 2.05) is 37.3 Å². The van der Waals surface area contributed by atoms with E-state index in [1.54, 1.807) is 12.4 Å². The molecule has 3 aromatic rings. The largest absolute Gasteiger partial charge is 0.485 e. The molecule has 3 rings (SSSR count). The number of aromatic nitrogens is 3. The van der Waals surface area contributed by atoms with Crippen LogP contribution in [0.1, 0.15) is 18.6 Å². The number of nitrogens with zero attached hydrogens (tertiary/aromatic N) is 3. The summed E-state index contributed by atoms with van der Waals surface area (Å²) >= 11 is 0. The standard InChI is InChI=1S/C15H15N5O/c1-9(10-5-7-18-8-6-10)21-12-4-2-3-11-13(12)14(16)20-15(17)19-11/h2-9H,1H3,(H4,16,17,19,20)/t9-/m0/s1. The molecule has 0 saturated carbocycles. The SMILES string of the molecule is C[C@H](Oc1cccc2nc(N)nc(N)c12)c1ccncc1. The number of anilines is 2. The normalized spacial score (nSPS) is 12.2. The van der Waals surface area contributed by atoms with Gasteiger partial charge in [0.25, 0.3) is 0 Å². The maximum Gasteiger partial charge on any atom is 0.222 e. The lowest BCUT2D eigenvalue weighted by atomic mass is 10.1. The van der Waals surface area contributed by atoms with Crippen molar-refractivity contribution >= 4 is 22.7 Å². The van der Waals surface area contributed by atoms with E-state index in [0.717, 1.165) is 5.56 Å². The summed E-state index contributed by atoms with van der Waals surface area (Å²) in [6, 6.07) is 9.34. The Morgan fingerprint density at radius 1 is 1.05 bits per heavy atom. The maximum absolute atomic E-state index is 6.01. The topological polar surface area (TPSA) is 99.9 Å². The average Bonchev–Trinajstić information content (AvgIpc) is 2.47. The van der Waals surface area contributed by atoms with Crippen LogP contribution < -0.4 is 16.2 Å². The molecule has 0 aliphatic carbocycles. The minimum atomic E-state index is -0.143. The van der Waals surface area contributed by atoms with Gasteiger partial charge in [0.05, 0.1) is 10.9 Å². The van der Waals surface area contributed by atoms with Crippen molar-refractivity contribution in [3.05, 3.63) is 48.3 Å². The van der Waals surface area contributed by atoms with E-state index in [1.165, 1.54) is 0 Å². The van der Waals surface area contributed by atoms with Gasteiger partial charge in [-0.15, -0.1) is 0 Å². The Balaban J connectivity index is 2.01.